The zero-order valence-corrected chi connectivity index (χ0v) is 14.4. The average molecular weight is 320 g/mol. The highest BCUT2D eigenvalue weighted by Crippen LogP contribution is 2.31. The van der Waals surface area contributed by atoms with Gasteiger partial charge in [-0.15, -0.1) is 11.3 Å². The number of aromatic nitrogens is 1. The van der Waals surface area contributed by atoms with Crippen molar-refractivity contribution in [2.75, 3.05) is 5.32 Å². The van der Waals surface area contributed by atoms with Crippen molar-refractivity contribution in [3.63, 3.8) is 0 Å². The number of carbonyl (C=O) groups is 1. The summed E-state index contributed by atoms with van der Waals surface area (Å²) < 4.78 is 1.04. The highest BCUT2D eigenvalue weighted by Gasteiger charge is 2.25. The number of hydrogen-bond donors (Lipinski definition) is 1. The van der Waals surface area contributed by atoms with Crippen molar-refractivity contribution < 1.29 is 4.79 Å². The van der Waals surface area contributed by atoms with Gasteiger partial charge in [-0.1, -0.05) is 32.5 Å². The Labute approximate surface area is 134 Å². The Hall–Kier alpha value is -1.33. The molecule has 1 N–H and O–H groups in total. The molecule has 0 fully saturated rings. The predicted octanol–water partition coefficient (Wildman–Crippen LogP) is 4.98. The highest BCUT2D eigenvalue weighted by molar-refractivity contribution is 8.01. The number of aryl methyl sites for hydroxylation is 1. The highest BCUT2D eigenvalue weighted by atomic mass is 32.2. The van der Waals surface area contributed by atoms with Crippen LogP contribution in [0.1, 0.15) is 32.9 Å². The lowest BCUT2D eigenvalue weighted by molar-refractivity contribution is -0.124. The fourth-order valence-electron chi connectivity index (χ4n) is 1.55. The molecule has 0 aliphatic heterocycles. The maximum atomic E-state index is 12.1. The monoisotopic (exact) mass is 320 g/mol. The maximum Gasteiger partial charge on any atom is 0.230 e. The Kier molecular flexibility index (Phi) is 5.06. The van der Waals surface area contributed by atoms with E-state index >= 15 is 0 Å². The molecule has 0 aliphatic rings. The molecule has 3 nitrogen and oxygen atoms in total. The fourth-order valence-corrected chi connectivity index (χ4v) is 3.36. The van der Waals surface area contributed by atoms with Crippen LogP contribution in [0, 0.1) is 12.3 Å². The Morgan fingerprint density at radius 2 is 2.00 bits per heavy atom. The van der Waals surface area contributed by atoms with Crippen LogP contribution < -0.4 is 5.32 Å². The summed E-state index contributed by atoms with van der Waals surface area (Å²) in [7, 11) is 0. The van der Waals surface area contributed by atoms with Gasteiger partial charge in [0.1, 0.15) is 0 Å². The summed E-state index contributed by atoms with van der Waals surface area (Å²) in [5.74, 6) is 0.0564. The molecule has 112 valence electrons. The van der Waals surface area contributed by atoms with Gasteiger partial charge in [0.2, 0.25) is 5.91 Å². The van der Waals surface area contributed by atoms with Crippen molar-refractivity contribution >= 4 is 34.7 Å². The Balaban J connectivity index is 2.00. The van der Waals surface area contributed by atoms with Gasteiger partial charge in [-0.25, -0.2) is 4.98 Å². The normalized spacial score (nSPS) is 11.4. The van der Waals surface area contributed by atoms with Gasteiger partial charge in [0.25, 0.3) is 0 Å². The molecule has 1 aromatic heterocycles. The van der Waals surface area contributed by atoms with Gasteiger partial charge in [-0.3, -0.25) is 4.79 Å². The van der Waals surface area contributed by atoms with Crippen molar-refractivity contribution in [3.05, 3.63) is 35.3 Å². The van der Waals surface area contributed by atoms with Crippen LogP contribution in [0.5, 0.6) is 0 Å². The van der Waals surface area contributed by atoms with E-state index < -0.39 is 0 Å². The van der Waals surface area contributed by atoms with Crippen molar-refractivity contribution in [1.82, 2.24) is 4.98 Å². The van der Waals surface area contributed by atoms with Crippen molar-refractivity contribution in [1.29, 1.82) is 0 Å². The average Bonchev–Trinajstić information content (AvgIpc) is 2.86. The van der Waals surface area contributed by atoms with Crippen molar-refractivity contribution in [3.8, 4) is 0 Å². The van der Waals surface area contributed by atoms with E-state index in [4.69, 9.17) is 0 Å². The van der Waals surface area contributed by atoms with Crippen LogP contribution in [-0.2, 0) is 4.79 Å². The molecule has 0 bridgehead atoms. The smallest absolute Gasteiger partial charge is 0.230 e. The van der Waals surface area contributed by atoms with Gasteiger partial charge in [0.05, 0.1) is 0 Å². The molecule has 0 saturated heterocycles. The molecular formula is C16H20N2OS2. The number of thiazole rings is 1. The number of carbonyl (C=O) groups excluding carboxylic acids is 1. The fraction of sp³-hybridized carbons (Fsp3) is 0.375. The molecule has 0 saturated carbocycles. The summed E-state index contributed by atoms with van der Waals surface area (Å²) in [6, 6.07) is 7.89. The minimum atomic E-state index is -0.341. The van der Waals surface area contributed by atoms with E-state index in [1.54, 1.807) is 23.1 Å². The predicted molar refractivity (Wildman–Crippen MR) is 90.1 cm³/mol. The van der Waals surface area contributed by atoms with Crippen LogP contribution in [0.25, 0.3) is 0 Å². The third-order valence-electron chi connectivity index (χ3n) is 3.41. The van der Waals surface area contributed by atoms with Gasteiger partial charge in [-0.05, 0) is 37.6 Å². The first-order chi connectivity index (χ1) is 9.90. The topological polar surface area (TPSA) is 42.0 Å². The number of amides is 1. The number of benzene rings is 1. The molecule has 1 amide bonds. The lowest BCUT2D eigenvalue weighted by Crippen LogP contribution is -2.29. The van der Waals surface area contributed by atoms with Crippen molar-refractivity contribution in [2.24, 2.45) is 5.41 Å². The lowest BCUT2D eigenvalue weighted by Gasteiger charge is -2.21. The summed E-state index contributed by atoms with van der Waals surface area (Å²) in [6.07, 6.45) is 0.816. The van der Waals surface area contributed by atoms with E-state index in [0.717, 1.165) is 27.0 Å². The number of hydrogen-bond acceptors (Lipinski definition) is 4. The van der Waals surface area contributed by atoms with E-state index in [2.05, 4.69) is 10.3 Å². The Morgan fingerprint density at radius 3 is 2.52 bits per heavy atom. The largest absolute Gasteiger partial charge is 0.326 e. The van der Waals surface area contributed by atoms with Gasteiger partial charge in [0.15, 0.2) is 4.34 Å². The van der Waals surface area contributed by atoms with Crippen molar-refractivity contribution in [2.45, 2.75) is 43.4 Å². The summed E-state index contributed by atoms with van der Waals surface area (Å²) >= 11 is 3.29. The van der Waals surface area contributed by atoms with E-state index in [-0.39, 0.29) is 11.3 Å². The minimum Gasteiger partial charge on any atom is -0.326 e. The first-order valence-electron chi connectivity index (χ1n) is 6.92. The van der Waals surface area contributed by atoms with Gasteiger partial charge in [-0.2, -0.15) is 0 Å². The minimum absolute atomic E-state index is 0.0564. The number of rotatable bonds is 5. The van der Waals surface area contributed by atoms with E-state index in [1.165, 1.54) is 0 Å². The molecular weight excluding hydrogens is 300 g/mol. The quantitative estimate of drug-likeness (QED) is 0.845. The van der Waals surface area contributed by atoms with Crippen LogP contribution in [0.3, 0.4) is 0 Å². The lowest BCUT2D eigenvalue weighted by atomic mass is 9.89. The second-order valence-corrected chi connectivity index (χ2v) is 7.75. The first-order valence-corrected chi connectivity index (χ1v) is 8.62. The third-order valence-corrected chi connectivity index (χ3v) is 5.48. The van der Waals surface area contributed by atoms with Gasteiger partial charge in [0, 0.05) is 27.1 Å². The maximum absolute atomic E-state index is 12.1. The Morgan fingerprint density at radius 1 is 1.33 bits per heavy atom. The summed E-state index contributed by atoms with van der Waals surface area (Å²) in [6.45, 7) is 7.93. The molecule has 0 spiro atoms. The first kappa shape index (κ1) is 16.0. The van der Waals surface area contributed by atoms with E-state index in [0.29, 0.717) is 0 Å². The zero-order chi connectivity index (χ0) is 15.5. The van der Waals surface area contributed by atoms with E-state index in [9.17, 15) is 4.79 Å². The molecule has 1 heterocycles. The van der Waals surface area contributed by atoms with Gasteiger partial charge >= 0.3 is 0 Å². The zero-order valence-electron chi connectivity index (χ0n) is 12.8. The van der Waals surface area contributed by atoms with Crippen LogP contribution in [0.15, 0.2) is 38.9 Å². The Bertz CT molecular complexity index is 617. The van der Waals surface area contributed by atoms with Crippen LogP contribution in [-0.4, -0.2) is 10.9 Å². The molecule has 2 aromatic rings. The van der Waals surface area contributed by atoms with Gasteiger partial charge < -0.3 is 5.32 Å². The second kappa shape index (κ2) is 6.62. The molecule has 2 rings (SSSR count). The second-order valence-electron chi connectivity index (χ2n) is 5.57. The van der Waals surface area contributed by atoms with E-state index in [1.807, 2.05) is 57.3 Å². The van der Waals surface area contributed by atoms with Crippen LogP contribution in [0.4, 0.5) is 5.69 Å². The molecule has 0 atom stereocenters. The summed E-state index contributed by atoms with van der Waals surface area (Å²) in [5.41, 5.74) is 1.54. The molecule has 0 radical (unpaired) electrons. The number of nitrogens with zero attached hydrogens (tertiary/aromatic N) is 1. The molecule has 0 aliphatic carbocycles. The number of nitrogens with one attached hydrogen (secondary N) is 1. The molecule has 21 heavy (non-hydrogen) atoms. The molecule has 5 heteroatoms. The standard InChI is InChI=1S/C16H20N2OS2/c1-5-16(3,4)14(19)18-12-6-8-13(9-7-12)21-15-17-11(2)10-20-15/h6-10H,5H2,1-4H3,(H,18,19). The molecule has 0 unspecified atom stereocenters. The summed E-state index contributed by atoms with van der Waals surface area (Å²) in [4.78, 5) is 17.7. The van der Waals surface area contributed by atoms with Crippen LogP contribution in [0.2, 0.25) is 0 Å². The third kappa shape index (κ3) is 4.32. The SMILES string of the molecule is CCC(C)(C)C(=O)Nc1ccc(Sc2nc(C)cs2)cc1. The summed E-state index contributed by atoms with van der Waals surface area (Å²) in [5, 5.41) is 5.01. The van der Waals surface area contributed by atoms with Crippen LogP contribution >= 0.6 is 23.1 Å². The number of anilines is 1. The molecule has 1 aromatic carbocycles.